The first-order valence-corrected chi connectivity index (χ1v) is 5.94. The molecular formula is C12H20N4O2. The summed E-state index contributed by atoms with van der Waals surface area (Å²) in [6.45, 7) is 6.40. The predicted molar refractivity (Wildman–Crippen MR) is 69.3 cm³/mol. The number of primary amides is 1. The van der Waals surface area contributed by atoms with Crippen LogP contribution in [0.3, 0.4) is 0 Å². The van der Waals surface area contributed by atoms with Gasteiger partial charge in [0, 0.05) is 18.0 Å². The molecule has 0 spiro atoms. The van der Waals surface area contributed by atoms with Crippen molar-refractivity contribution in [2.24, 2.45) is 5.73 Å². The van der Waals surface area contributed by atoms with Crippen LogP contribution < -0.4 is 15.8 Å². The minimum absolute atomic E-state index is 0.224. The molecule has 1 aromatic rings. The number of carbonyl (C=O) groups is 1. The first-order valence-electron chi connectivity index (χ1n) is 5.94. The maximum absolute atomic E-state index is 10.9. The van der Waals surface area contributed by atoms with Crippen molar-refractivity contribution in [3.63, 3.8) is 0 Å². The molecule has 0 saturated carbocycles. The minimum Gasteiger partial charge on any atom is -0.478 e. The second-order valence-electron chi connectivity index (χ2n) is 4.74. The average molecular weight is 252 g/mol. The summed E-state index contributed by atoms with van der Waals surface area (Å²) in [4.78, 5) is 19.0. The minimum atomic E-state index is -0.456. The van der Waals surface area contributed by atoms with Crippen molar-refractivity contribution >= 4 is 11.7 Å². The van der Waals surface area contributed by atoms with Crippen LogP contribution in [0.25, 0.3) is 0 Å². The van der Waals surface area contributed by atoms with Gasteiger partial charge in [0.2, 0.25) is 11.8 Å². The number of nitrogens with two attached hydrogens (primary N) is 1. The van der Waals surface area contributed by atoms with Crippen molar-refractivity contribution in [1.82, 2.24) is 9.97 Å². The molecule has 0 atom stereocenters. The summed E-state index contributed by atoms with van der Waals surface area (Å²) in [5.74, 6) is 0.774. The Morgan fingerprint density at radius 1 is 1.50 bits per heavy atom. The Labute approximate surface area is 107 Å². The van der Waals surface area contributed by atoms with Crippen molar-refractivity contribution in [2.45, 2.75) is 39.2 Å². The molecule has 0 aromatic carbocycles. The molecule has 1 amide bonds. The number of ether oxygens (including phenoxy) is 1. The lowest BCUT2D eigenvalue weighted by molar-refractivity contribution is -0.118. The number of hydrogen-bond acceptors (Lipinski definition) is 5. The lowest BCUT2D eigenvalue weighted by atomic mass is 10.0. The number of carbonyl (C=O) groups excluding carboxylic acids is 1. The third-order valence-electron chi connectivity index (χ3n) is 2.18. The van der Waals surface area contributed by atoms with Gasteiger partial charge in [-0.3, -0.25) is 4.79 Å². The van der Waals surface area contributed by atoms with Crippen LogP contribution in [0.5, 0.6) is 5.88 Å². The van der Waals surface area contributed by atoms with Crippen LogP contribution in [0.1, 0.15) is 33.6 Å². The second-order valence-corrected chi connectivity index (χ2v) is 4.74. The van der Waals surface area contributed by atoms with E-state index >= 15 is 0 Å². The van der Waals surface area contributed by atoms with E-state index < -0.39 is 5.54 Å². The average Bonchev–Trinajstić information content (AvgIpc) is 2.24. The van der Waals surface area contributed by atoms with Crippen LogP contribution >= 0.6 is 0 Å². The standard InChI is InChI=1S/C12H20N4O2/c1-4-5-18-11-6-10(14-8-15-11)16-12(2,3)7-9(13)17/h6,8H,4-5,7H2,1-3H3,(H2,13,17)(H,14,15,16). The van der Waals surface area contributed by atoms with Gasteiger partial charge in [-0.25, -0.2) is 9.97 Å². The highest BCUT2D eigenvalue weighted by Crippen LogP contribution is 2.18. The van der Waals surface area contributed by atoms with E-state index in [-0.39, 0.29) is 12.3 Å². The number of anilines is 1. The molecular weight excluding hydrogens is 232 g/mol. The quantitative estimate of drug-likeness (QED) is 0.764. The Kier molecular flexibility index (Phi) is 4.88. The van der Waals surface area contributed by atoms with Crippen molar-refractivity contribution in [2.75, 3.05) is 11.9 Å². The fraction of sp³-hybridized carbons (Fsp3) is 0.583. The van der Waals surface area contributed by atoms with Crippen LogP contribution in [-0.2, 0) is 4.79 Å². The summed E-state index contributed by atoms with van der Waals surface area (Å²) in [7, 11) is 0. The zero-order chi connectivity index (χ0) is 13.6. The summed E-state index contributed by atoms with van der Waals surface area (Å²) in [5.41, 5.74) is 4.74. The fourth-order valence-electron chi connectivity index (χ4n) is 1.52. The van der Waals surface area contributed by atoms with Gasteiger partial charge in [-0.05, 0) is 20.3 Å². The largest absolute Gasteiger partial charge is 0.478 e. The number of nitrogens with one attached hydrogen (secondary N) is 1. The molecule has 0 unspecified atom stereocenters. The third kappa shape index (κ3) is 4.99. The van der Waals surface area contributed by atoms with Gasteiger partial charge >= 0.3 is 0 Å². The van der Waals surface area contributed by atoms with Crippen LogP contribution in [0.4, 0.5) is 5.82 Å². The topological polar surface area (TPSA) is 90.1 Å². The Balaban J connectivity index is 2.69. The van der Waals surface area contributed by atoms with Crippen molar-refractivity contribution in [3.05, 3.63) is 12.4 Å². The molecule has 0 aliphatic carbocycles. The van der Waals surface area contributed by atoms with Gasteiger partial charge in [0.25, 0.3) is 0 Å². The van der Waals surface area contributed by atoms with E-state index in [1.807, 2.05) is 20.8 Å². The van der Waals surface area contributed by atoms with Gasteiger partial charge in [0.1, 0.15) is 12.1 Å². The van der Waals surface area contributed by atoms with E-state index in [1.165, 1.54) is 6.33 Å². The van der Waals surface area contributed by atoms with Gasteiger partial charge < -0.3 is 15.8 Å². The maximum Gasteiger partial charge on any atom is 0.219 e. The van der Waals surface area contributed by atoms with Crippen LogP contribution in [0.15, 0.2) is 12.4 Å². The summed E-state index contributed by atoms with van der Waals surface area (Å²) in [5, 5.41) is 3.13. The Bertz CT molecular complexity index is 407. The van der Waals surface area contributed by atoms with Crippen LogP contribution in [0, 0.1) is 0 Å². The van der Waals surface area contributed by atoms with Gasteiger partial charge in [0.05, 0.1) is 6.61 Å². The zero-order valence-corrected chi connectivity index (χ0v) is 11.1. The van der Waals surface area contributed by atoms with Crippen LogP contribution in [-0.4, -0.2) is 28.0 Å². The molecule has 0 saturated heterocycles. The molecule has 6 nitrogen and oxygen atoms in total. The highest BCUT2D eigenvalue weighted by atomic mass is 16.5. The SMILES string of the molecule is CCCOc1cc(NC(C)(C)CC(N)=O)ncn1. The van der Waals surface area contributed by atoms with Gasteiger partial charge in [-0.1, -0.05) is 6.92 Å². The van der Waals surface area contributed by atoms with Crippen molar-refractivity contribution in [3.8, 4) is 5.88 Å². The molecule has 1 heterocycles. The van der Waals surface area contributed by atoms with E-state index in [0.717, 1.165) is 6.42 Å². The van der Waals surface area contributed by atoms with E-state index in [9.17, 15) is 4.79 Å². The second kappa shape index (κ2) is 6.18. The summed E-state index contributed by atoms with van der Waals surface area (Å²) >= 11 is 0. The highest BCUT2D eigenvalue weighted by molar-refractivity contribution is 5.75. The number of nitrogens with zero attached hydrogens (tertiary/aromatic N) is 2. The van der Waals surface area contributed by atoms with Crippen molar-refractivity contribution < 1.29 is 9.53 Å². The smallest absolute Gasteiger partial charge is 0.219 e. The molecule has 0 aliphatic heterocycles. The maximum atomic E-state index is 10.9. The first-order chi connectivity index (χ1) is 8.43. The normalized spacial score (nSPS) is 11.1. The monoisotopic (exact) mass is 252 g/mol. The van der Waals surface area contributed by atoms with Gasteiger partial charge in [0.15, 0.2) is 0 Å². The summed E-state index contributed by atoms with van der Waals surface area (Å²) < 4.78 is 5.41. The number of amides is 1. The molecule has 3 N–H and O–H groups in total. The lowest BCUT2D eigenvalue weighted by Gasteiger charge is -2.25. The molecule has 0 bridgehead atoms. The Morgan fingerprint density at radius 2 is 2.22 bits per heavy atom. The molecule has 0 fully saturated rings. The fourth-order valence-corrected chi connectivity index (χ4v) is 1.52. The molecule has 1 rings (SSSR count). The molecule has 6 heteroatoms. The molecule has 1 aromatic heterocycles. The van der Waals surface area contributed by atoms with Gasteiger partial charge in [-0.2, -0.15) is 0 Å². The van der Waals surface area contributed by atoms with E-state index in [2.05, 4.69) is 15.3 Å². The van der Waals surface area contributed by atoms with E-state index in [4.69, 9.17) is 10.5 Å². The lowest BCUT2D eigenvalue weighted by Crippen LogP contribution is -2.36. The summed E-state index contributed by atoms with van der Waals surface area (Å²) in [6.07, 6.45) is 2.57. The first kappa shape index (κ1) is 14.2. The molecule has 18 heavy (non-hydrogen) atoms. The Morgan fingerprint density at radius 3 is 2.83 bits per heavy atom. The van der Waals surface area contributed by atoms with E-state index in [0.29, 0.717) is 18.3 Å². The number of hydrogen-bond donors (Lipinski definition) is 2. The molecule has 0 radical (unpaired) electrons. The summed E-state index contributed by atoms with van der Waals surface area (Å²) in [6, 6.07) is 1.71. The molecule has 0 aliphatic rings. The van der Waals surface area contributed by atoms with Crippen LogP contribution in [0.2, 0.25) is 0 Å². The predicted octanol–water partition coefficient (Wildman–Crippen LogP) is 1.33. The Hall–Kier alpha value is -1.85. The highest BCUT2D eigenvalue weighted by Gasteiger charge is 2.20. The van der Waals surface area contributed by atoms with Crippen molar-refractivity contribution in [1.29, 1.82) is 0 Å². The third-order valence-corrected chi connectivity index (χ3v) is 2.18. The number of aromatic nitrogens is 2. The van der Waals surface area contributed by atoms with Gasteiger partial charge in [-0.15, -0.1) is 0 Å². The number of rotatable bonds is 7. The zero-order valence-electron chi connectivity index (χ0n) is 11.1. The molecule has 100 valence electrons. The van der Waals surface area contributed by atoms with E-state index in [1.54, 1.807) is 6.07 Å².